The van der Waals surface area contributed by atoms with Crippen LogP contribution in [0, 0.1) is 5.82 Å². The molecule has 3 aromatic carbocycles. The molecule has 1 aliphatic heterocycles. The predicted octanol–water partition coefficient (Wildman–Crippen LogP) is 0.175. The molecule has 1 amide bonds. The van der Waals surface area contributed by atoms with Crippen LogP contribution in [0.5, 0.6) is 5.75 Å². The number of amidine groups is 1. The zero-order valence-electron chi connectivity index (χ0n) is 17.3. The number of fused-ring (bicyclic) bond motifs is 1. The van der Waals surface area contributed by atoms with Crippen LogP contribution in [-0.4, -0.2) is 24.2 Å². The number of amides is 1. The second-order valence-corrected chi connectivity index (χ2v) is 7.81. The summed E-state index contributed by atoms with van der Waals surface area (Å²) in [5, 5.41) is 15.6. The monoisotopic (exact) mass is 458 g/mol. The molecule has 0 spiro atoms. The van der Waals surface area contributed by atoms with Crippen molar-refractivity contribution < 1.29 is 53.4 Å². The van der Waals surface area contributed by atoms with Crippen LogP contribution in [-0.2, 0) is 16.0 Å². The van der Waals surface area contributed by atoms with Crippen LogP contribution in [0.1, 0.15) is 11.1 Å². The molecule has 0 aliphatic carbocycles. The first-order valence-electron chi connectivity index (χ1n) is 9.27. The number of carboxylic acids is 1. The van der Waals surface area contributed by atoms with Gasteiger partial charge in [-0.05, 0) is 70.1 Å². The van der Waals surface area contributed by atoms with Crippen LogP contribution in [0.2, 0.25) is 0 Å². The van der Waals surface area contributed by atoms with Crippen molar-refractivity contribution in [3.63, 3.8) is 0 Å². The number of methoxy groups -OCH3 is 1. The second kappa shape index (κ2) is 10.3. The van der Waals surface area contributed by atoms with E-state index < -0.39 is 18.2 Å². The number of ether oxygens (including phenoxy) is 1. The Morgan fingerprint density at radius 3 is 2.62 bits per heavy atom. The first-order valence-corrected chi connectivity index (χ1v) is 10.1. The molecule has 1 aliphatic rings. The Labute approximate surface area is 209 Å². The van der Waals surface area contributed by atoms with E-state index in [0.29, 0.717) is 10.1 Å². The molecule has 6 nitrogen and oxygen atoms in total. The van der Waals surface area contributed by atoms with E-state index in [4.69, 9.17) is 4.74 Å². The minimum absolute atomic E-state index is 0. The maximum absolute atomic E-state index is 14.0. The number of halogens is 1. The summed E-state index contributed by atoms with van der Waals surface area (Å²) in [6.45, 7) is 0. The van der Waals surface area contributed by atoms with Crippen LogP contribution in [0.25, 0.3) is 16.8 Å². The third-order valence-corrected chi connectivity index (χ3v) is 5.53. The minimum atomic E-state index is -1.36. The van der Waals surface area contributed by atoms with Crippen LogP contribution in [0.3, 0.4) is 0 Å². The van der Waals surface area contributed by atoms with Gasteiger partial charge in [0, 0.05) is 12.4 Å². The molecule has 9 heteroatoms. The van der Waals surface area contributed by atoms with Gasteiger partial charge in [0.2, 0.25) is 0 Å². The molecule has 1 N–H and O–H groups in total. The number of benzene rings is 3. The number of hydrogen-bond acceptors (Lipinski definition) is 6. The Morgan fingerprint density at radius 2 is 1.91 bits per heavy atom. The van der Waals surface area contributed by atoms with E-state index in [1.807, 2.05) is 36.4 Å². The molecule has 1 heterocycles. The third-order valence-electron chi connectivity index (χ3n) is 4.62. The summed E-state index contributed by atoms with van der Waals surface area (Å²) in [5.41, 5.74) is 1.14. The minimum Gasteiger partial charge on any atom is -0.550 e. The predicted molar refractivity (Wildman–Crippen MR) is 116 cm³/mol. The molecule has 4 rings (SSSR count). The van der Waals surface area contributed by atoms with Gasteiger partial charge in [-0.2, -0.15) is 0 Å². The van der Waals surface area contributed by atoms with E-state index in [9.17, 15) is 19.1 Å². The molecule has 1 fully saturated rings. The van der Waals surface area contributed by atoms with E-state index in [0.717, 1.165) is 39.9 Å². The molecule has 0 saturated carbocycles. The second-order valence-electron chi connectivity index (χ2n) is 6.78. The first kappa shape index (κ1) is 24.0. The molecule has 32 heavy (non-hydrogen) atoms. The SMILES string of the molecule is COc1ccc2cc(C=C3SC(=Nc4ccc(CC(=O)[O-])c(F)c4)NC3=O)ccc2c1.[Na+]. The maximum Gasteiger partial charge on any atom is 1.00 e. The molecular formula is C23H16FN2NaO4S. The van der Waals surface area contributed by atoms with Gasteiger partial charge in [-0.1, -0.05) is 24.3 Å². The molecule has 3 aromatic rings. The van der Waals surface area contributed by atoms with E-state index >= 15 is 0 Å². The smallest absolute Gasteiger partial charge is 0.550 e. The number of nitrogens with one attached hydrogen (secondary N) is 1. The van der Waals surface area contributed by atoms with Crippen molar-refractivity contribution in [1.29, 1.82) is 0 Å². The van der Waals surface area contributed by atoms with Gasteiger partial charge in [-0.15, -0.1) is 0 Å². The summed E-state index contributed by atoms with van der Waals surface area (Å²) in [5.74, 6) is -1.58. The number of carbonyl (C=O) groups is 2. The Bertz CT molecular complexity index is 1280. The summed E-state index contributed by atoms with van der Waals surface area (Å²) in [7, 11) is 1.62. The van der Waals surface area contributed by atoms with Crippen molar-refractivity contribution in [2.24, 2.45) is 4.99 Å². The molecular weight excluding hydrogens is 442 g/mol. The molecule has 0 radical (unpaired) electrons. The summed E-state index contributed by atoms with van der Waals surface area (Å²) in [6, 6.07) is 15.5. The number of hydrogen-bond donors (Lipinski definition) is 1. The number of nitrogens with zero attached hydrogens (tertiary/aromatic N) is 1. The number of aliphatic carboxylic acids is 1. The number of carboxylic acid groups (broad SMARTS) is 1. The quantitative estimate of drug-likeness (QED) is 0.435. The van der Waals surface area contributed by atoms with Gasteiger partial charge in [0.15, 0.2) is 5.17 Å². The number of carbonyl (C=O) groups excluding carboxylic acids is 2. The molecule has 1 saturated heterocycles. The van der Waals surface area contributed by atoms with Crippen LogP contribution in [0.4, 0.5) is 10.1 Å². The molecule has 156 valence electrons. The summed E-state index contributed by atoms with van der Waals surface area (Å²) < 4.78 is 19.3. The Balaban J connectivity index is 0.00000289. The normalized spacial score (nSPS) is 15.6. The number of aliphatic imine (C=N–C) groups is 1. The standard InChI is InChI=1S/C23H17FN2O4S.Na/c1-30-18-7-5-14-8-13(2-3-15(14)10-18)9-20-22(29)26-23(31-20)25-17-6-4-16(11-21(27)28)19(24)12-17;/h2-10,12H,11H2,1H3,(H,27,28)(H,25,26,29);/q;+1/p-1. The van der Waals surface area contributed by atoms with Gasteiger partial charge in [-0.3, -0.25) is 4.79 Å². The van der Waals surface area contributed by atoms with Crippen LogP contribution in [0.15, 0.2) is 64.5 Å². The topological polar surface area (TPSA) is 90.8 Å². The zero-order valence-corrected chi connectivity index (χ0v) is 20.2. The van der Waals surface area contributed by atoms with Crippen molar-refractivity contribution in [3.05, 3.63) is 76.4 Å². The van der Waals surface area contributed by atoms with Crippen molar-refractivity contribution in [3.8, 4) is 5.75 Å². The zero-order chi connectivity index (χ0) is 22.0. The fraction of sp³-hybridized carbons (Fsp3) is 0.0870. The summed E-state index contributed by atoms with van der Waals surface area (Å²) in [4.78, 5) is 27.7. The molecule has 0 bridgehead atoms. The van der Waals surface area contributed by atoms with Crippen molar-refractivity contribution in [2.75, 3.05) is 7.11 Å². The fourth-order valence-electron chi connectivity index (χ4n) is 3.11. The third kappa shape index (κ3) is 5.58. The van der Waals surface area contributed by atoms with Crippen molar-refractivity contribution in [1.82, 2.24) is 5.32 Å². The van der Waals surface area contributed by atoms with E-state index in [2.05, 4.69) is 10.3 Å². The Hall–Kier alpha value is -2.65. The Morgan fingerprint density at radius 1 is 1.16 bits per heavy atom. The van der Waals surface area contributed by atoms with Crippen LogP contribution < -0.4 is 44.7 Å². The molecule has 0 atom stereocenters. The van der Waals surface area contributed by atoms with Crippen molar-refractivity contribution in [2.45, 2.75) is 6.42 Å². The largest absolute Gasteiger partial charge is 1.00 e. The molecule has 0 unspecified atom stereocenters. The van der Waals surface area contributed by atoms with Gasteiger partial charge >= 0.3 is 29.6 Å². The van der Waals surface area contributed by atoms with E-state index in [1.54, 1.807) is 13.2 Å². The van der Waals surface area contributed by atoms with Gasteiger partial charge in [0.05, 0.1) is 17.7 Å². The average molecular weight is 458 g/mol. The molecule has 0 aromatic heterocycles. The van der Waals surface area contributed by atoms with Gasteiger partial charge in [0.25, 0.3) is 5.91 Å². The van der Waals surface area contributed by atoms with Gasteiger partial charge in [-0.25, -0.2) is 9.38 Å². The van der Waals surface area contributed by atoms with Gasteiger partial charge < -0.3 is 20.0 Å². The maximum atomic E-state index is 14.0. The number of thioether (sulfide) groups is 1. The Kier molecular flexibility index (Phi) is 7.73. The van der Waals surface area contributed by atoms with Crippen LogP contribution >= 0.6 is 11.8 Å². The van der Waals surface area contributed by atoms with E-state index in [1.165, 1.54) is 12.1 Å². The van der Waals surface area contributed by atoms with Crippen molar-refractivity contribution >= 4 is 51.3 Å². The van der Waals surface area contributed by atoms with Gasteiger partial charge in [0.1, 0.15) is 11.6 Å². The fourth-order valence-corrected chi connectivity index (χ4v) is 3.95. The first-order chi connectivity index (χ1) is 14.9. The summed E-state index contributed by atoms with van der Waals surface area (Å²) in [6.07, 6.45) is 1.25. The number of rotatable bonds is 5. The van der Waals surface area contributed by atoms with E-state index in [-0.39, 0.29) is 46.7 Å². The summed E-state index contributed by atoms with van der Waals surface area (Å²) >= 11 is 1.14. The average Bonchev–Trinajstić information content (AvgIpc) is 3.08.